The molecule has 0 saturated heterocycles. The molecule has 0 spiro atoms. The minimum absolute atomic E-state index is 0.231. The molecular weight excluding hydrogens is 303 g/mol. The Balaban J connectivity index is 2.40. The second-order valence-corrected chi connectivity index (χ2v) is 3.61. The minimum Gasteiger partial charge on any atom is -0.446 e. The molecule has 1 heterocycles. The van der Waals surface area contributed by atoms with Crippen LogP contribution >= 0.6 is 0 Å². The molecule has 0 bridgehead atoms. The number of rotatable bonds is 3. The van der Waals surface area contributed by atoms with E-state index in [0.29, 0.717) is 0 Å². The van der Waals surface area contributed by atoms with Gasteiger partial charge < -0.3 is 9.15 Å². The summed E-state index contributed by atoms with van der Waals surface area (Å²) in [5.74, 6) is -15.8. The second-order valence-electron chi connectivity index (χ2n) is 3.61. The molecule has 2 rings (SSSR count). The van der Waals surface area contributed by atoms with Crippen LogP contribution in [0.2, 0.25) is 0 Å². The average molecular weight is 306 g/mol. The predicted molar refractivity (Wildman–Crippen MR) is 55.3 cm³/mol. The van der Waals surface area contributed by atoms with Gasteiger partial charge in [0.15, 0.2) is 12.0 Å². The zero-order chi connectivity index (χ0) is 15.7. The molecule has 0 N–H and O–H groups in total. The molecule has 0 amide bonds. The smallest absolute Gasteiger partial charge is 0.379 e. The van der Waals surface area contributed by atoms with E-state index in [1.807, 2.05) is 0 Å². The van der Waals surface area contributed by atoms with E-state index in [1.165, 1.54) is 0 Å². The average Bonchev–Trinajstić information content (AvgIpc) is 2.96. The molecule has 4 nitrogen and oxygen atoms in total. The van der Waals surface area contributed by atoms with E-state index in [-0.39, 0.29) is 12.0 Å². The number of hydrogen-bond acceptors (Lipinski definition) is 4. The van der Waals surface area contributed by atoms with Crippen LogP contribution in [0.1, 0.15) is 21.1 Å². The summed E-state index contributed by atoms with van der Waals surface area (Å²) in [5.41, 5.74) is 0. The Morgan fingerprint density at radius 1 is 0.952 bits per heavy atom. The fraction of sp³-hybridized carbons (Fsp3) is 0. The van der Waals surface area contributed by atoms with Crippen LogP contribution in [-0.2, 0) is 0 Å². The molecule has 0 aliphatic heterocycles. The summed E-state index contributed by atoms with van der Waals surface area (Å²) in [5, 5.41) is 0. The molecule has 0 aliphatic rings. The molecule has 110 valence electrons. The monoisotopic (exact) mass is 306 g/mol. The number of benzene rings is 1. The van der Waals surface area contributed by atoms with Gasteiger partial charge in [0.2, 0.25) is 40.6 Å². The SMILES string of the molecule is O=Cc1ccc(C(=O)Oc2c(F)c(F)c(F)c(F)c2F)o1. The highest BCUT2D eigenvalue weighted by atomic mass is 19.2. The third-order valence-electron chi connectivity index (χ3n) is 2.31. The first-order chi connectivity index (χ1) is 9.86. The Labute approximate surface area is 112 Å². The van der Waals surface area contributed by atoms with Crippen LogP contribution in [0.15, 0.2) is 16.5 Å². The number of furan rings is 1. The minimum atomic E-state index is -2.38. The number of carbonyl (C=O) groups excluding carboxylic acids is 2. The summed E-state index contributed by atoms with van der Waals surface area (Å²) >= 11 is 0. The van der Waals surface area contributed by atoms with E-state index in [0.717, 1.165) is 12.1 Å². The molecule has 1 aromatic heterocycles. The van der Waals surface area contributed by atoms with E-state index in [4.69, 9.17) is 0 Å². The first kappa shape index (κ1) is 14.7. The highest BCUT2D eigenvalue weighted by Gasteiger charge is 2.29. The lowest BCUT2D eigenvalue weighted by molar-refractivity contribution is 0.0681. The van der Waals surface area contributed by atoms with Gasteiger partial charge >= 0.3 is 5.97 Å². The van der Waals surface area contributed by atoms with E-state index in [9.17, 15) is 31.5 Å². The largest absolute Gasteiger partial charge is 0.446 e. The number of hydrogen-bond donors (Lipinski definition) is 0. The molecule has 9 heteroatoms. The van der Waals surface area contributed by atoms with Crippen molar-refractivity contribution < 1.29 is 40.7 Å². The summed E-state index contributed by atoms with van der Waals surface area (Å²) in [6.07, 6.45) is 0.231. The van der Waals surface area contributed by atoms with Crippen molar-refractivity contribution in [1.82, 2.24) is 0 Å². The van der Waals surface area contributed by atoms with Crippen molar-refractivity contribution in [1.29, 1.82) is 0 Å². The highest BCUT2D eigenvalue weighted by Crippen LogP contribution is 2.29. The molecule has 0 radical (unpaired) electrons. The molecule has 0 aliphatic carbocycles. The van der Waals surface area contributed by atoms with Crippen LogP contribution in [-0.4, -0.2) is 12.3 Å². The Hall–Kier alpha value is -2.71. The highest BCUT2D eigenvalue weighted by molar-refractivity contribution is 5.89. The van der Waals surface area contributed by atoms with Crippen molar-refractivity contribution in [3.05, 3.63) is 52.7 Å². The van der Waals surface area contributed by atoms with Crippen molar-refractivity contribution in [3.8, 4) is 5.75 Å². The van der Waals surface area contributed by atoms with Crippen LogP contribution < -0.4 is 4.74 Å². The van der Waals surface area contributed by atoms with Crippen LogP contribution in [0, 0.1) is 29.1 Å². The summed E-state index contributed by atoms with van der Waals surface area (Å²) in [6, 6.07) is 1.97. The quantitative estimate of drug-likeness (QED) is 0.218. The van der Waals surface area contributed by atoms with Crippen molar-refractivity contribution in [3.63, 3.8) is 0 Å². The lowest BCUT2D eigenvalue weighted by Crippen LogP contribution is -2.13. The van der Waals surface area contributed by atoms with Crippen molar-refractivity contribution in [2.45, 2.75) is 0 Å². The molecule has 0 saturated carbocycles. The van der Waals surface area contributed by atoms with Crippen LogP contribution in [0.4, 0.5) is 22.0 Å². The number of halogens is 5. The predicted octanol–water partition coefficient (Wildman–Crippen LogP) is 3.01. The van der Waals surface area contributed by atoms with Gasteiger partial charge in [-0.15, -0.1) is 0 Å². The Morgan fingerprint density at radius 3 is 1.95 bits per heavy atom. The fourth-order valence-electron chi connectivity index (χ4n) is 1.34. The van der Waals surface area contributed by atoms with Gasteiger partial charge in [0, 0.05) is 0 Å². The first-order valence-electron chi connectivity index (χ1n) is 5.15. The summed E-state index contributed by atoms with van der Waals surface area (Å²) in [7, 11) is 0. The third-order valence-corrected chi connectivity index (χ3v) is 2.31. The van der Waals surface area contributed by atoms with Gasteiger partial charge in [-0.2, -0.15) is 8.78 Å². The molecule has 1 aromatic carbocycles. The zero-order valence-electron chi connectivity index (χ0n) is 9.75. The third kappa shape index (κ3) is 2.49. The van der Waals surface area contributed by atoms with E-state index >= 15 is 0 Å². The summed E-state index contributed by atoms with van der Waals surface area (Å²) in [4.78, 5) is 21.8. The van der Waals surface area contributed by atoms with Gasteiger partial charge in [-0.1, -0.05) is 0 Å². The normalized spacial score (nSPS) is 10.5. The Morgan fingerprint density at radius 2 is 1.48 bits per heavy atom. The molecule has 0 fully saturated rings. The van der Waals surface area contributed by atoms with Gasteiger partial charge in [-0.05, 0) is 12.1 Å². The first-order valence-corrected chi connectivity index (χ1v) is 5.15. The van der Waals surface area contributed by atoms with Gasteiger partial charge in [0.1, 0.15) is 0 Å². The standard InChI is InChI=1S/C12H3F5O4/c13-6-7(14)9(16)11(10(17)8(6)15)21-12(19)5-2-1-4(3-18)20-5/h1-3H. The van der Waals surface area contributed by atoms with Gasteiger partial charge in [-0.25, -0.2) is 18.0 Å². The lowest BCUT2D eigenvalue weighted by atomic mass is 10.2. The fourth-order valence-corrected chi connectivity index (χ4v) is 1.34. The van der Waals surface area contributed by atoms with Crippen molar-refractivity contribution in [2.75, 3.05) is 0 Å². The Bertz CT molecular complexity index is 708. The number of carbonyl (C=O) groups is 2. The zero-order valence-corrected chi connectivity index (χ0v) is 9.75. The molecular formula is C12H3F5O4. The maximum Gasteiger partial charge on any atom is 0.379 e. The van der Waals surface area contributed by atoms with Crippen LogP contribution in [0.25, 0.3) is 0 Å². The molecule has 21 heavy (non-hydrogen) atoms. The summed E-state index contributed by atoms with van der Waals surface area (Å²) in [6.45, 7) is 0. The van der Waals surface area contributed by atoms with Crippen molar-refractivity contribution >= 4 is 12.3 Å². The maximum absolute atomic E-state index is 13.3. The van der Waals surface area contributed by atoms with Crippen LogP contribution in [0.3, 0.4) is 0 Å². The van der Waals surface area contributed by atoms with E-state index < -0.39 is 46.6 Å². The van der Waals surface area contributed by atoms with E-state index in [1.54, 1.807) is 0 Å². The second kappa shape index (κ2) is 5.35. The van der Waals surface area contributed by atoms with E-state index in [2.05, 4.69) is 9.15 Å². The topological polar surface area (TPSA) is 56.5 Å². The summed E-state index contributed by atoms with van der Waals surface area (Å²) < 4.78 is 73.8. The number of esters is 1. The molecule has 0 unspecified atom stereocenters. The van der Waals surface area contributed by atoms with Gasteiger partial charge in [0.25, 0.3) is 0 Å². The number of aldehydes is 1. The number of ether oxygens (including phenoxy) is 1. The Kier molecular flexibility index (Phi) is 3.74. The maximum atomic E-state index is 13.3. The van der Waals surface area contributed by atoms with Crippen LogP contribution in [0.5, 0.6) is 5.75 Å². The lowest BCUT2D eigenvalue weighted by Gasteiger charge is -2.07. The molecule has 0 atom stereocenters. The van der Waals surface area contributed by atoms with Crippen molar-refractivity contribution in [2.24, 2.45) is 0 Å². The van der Waals surface area contributed by atoms with Gasteiger partial charge in [-0.3, -0.25) is 4.79 Å². The van der Waals surface area contributed by atoms with Gasteiger partial charge in [0.05, 0.1) is 0 Å². The molecule has 2 aromatic rings.